The van der Waals surface area contributed by atoms with Crippen LogP contribution >= 0.6 is 0 Å². The Bertz CT molecular complexity index is 578. The molecule has 0 amide bonds. The zero-order chi connectivity index (χ0) is 13.7. The summed E-state index contributed by atoms with van der Waals surface area (Å²) in [5.41, 5.74) is 0.719. The van der Waals surface area contributed by atoms with Crippen LogP contribution in [0.3, 0.4) is 0 Å². The van der Waals surface area contributed by atoms with Crippen molar-refractivity contribution in [3.05, 3.63) is 59.9 Å². The van der Waals surface area contributed by atoms with E-state index in [9.17, 15) is 9.59 Å². The number of rotatable bonds is 3. The second-order valence-electron chi connectivity index (χ2n) is 3.65. The average molecular weight is 257 g/mol. The molecule has 0 saturated carbocycles. The lowest BCUT2D eigenvalue weighted by atomic mass is 10.1. The van der Waals surface area contributed by atoms with Gasteiger partial charge >= 0.3 is 11.9 Å². The highest BCUT2D eigenvalue weighted by Gasteiger charge is 2.10. The van der Waals surface area contributed by atoms with E-state index >= 15 is 0 Å². The molecule has 1 aromatic carbocycles. The van der Waals surface area contributed by atoms with E-state index in [1.165, 1.54) is 37.6 Å². The number of aromatic nitrogens is 1. The highest BCUT2D eigenvalue weighted by atomic mass is 16.5. The van der Waals surface area contributed by atoms with Gasteiger partial charge in [0.15, 0.2) is 0 Å². The second-order valence-corrected chi connectivity index (χ2v) is 3.65. The maximum atomic E-state index is 11.8. The first-order valence-corrected chi connectivity index (χ1v) is 5.51. The Balaban J connectivity index is 2.10. The average Bonchev–Trinajstić information content (AvgIpc) is 2.47. The number of esters is 2. The number of hydrogen-bond acceptors (Lipinski definition) is 5. The first-order chi connectivity index (χ1) is 9.20. The number of hydrogen-bond donors (Lipinski definition) is 0. The normalized spacial score (nSPS) is 9.74. The number of methoxy groups -OCH3 is 1. The van der Waals surface area contributed by atoms with Gasteiger partial charge in [0.05, 0.1) is 24.4 Å². The van der Waals surface area contributed by atoms with Gasteiger partial charge in [-0.2, -0.15) is 0 Å². The Labute approximate surface area is 109 Å². The standard InChI is InChI=1S/C14H11NO4/c1-18-13(16)10-4-6-11(7-5-10)14(17)19-12-3-2-8-15-9-12/h2-9H,1H3. The van der Waals surface area contributed by atoms with Crippen LogP contribution in [0.4, 0.5) is 0 Å². The molecule has 5 heteroatoms. The fourth-order valence-corrected chi connectivity index (χ4v) is 1.43. The number of benzene rings is 1. The molecule has 1 heterocycles. The van der Waals surface area contributed by atoms with E-state index in [1.807, 2.05) is 0 Å². The zero-order valence-corrected chi connectivity index (χ0v) is 10.2. The molecule has 0 saturated heterocycles. The molecule has 19 heavy (non-hydrogen) atoms. The molecule has 0 aliphatic carbocycles. The number of carbonyl (C=O) groups excluding carboxylic acids is 2. The van der Waals surface area contributed by atoms with Crippen molar-refractivity contribution in [3.8, 4) is 5.75 Å². The van der Waals surface area contributed by atoms with E-state index in [1.54, 1.807) is 18.3 Å². The first-order valence-electron chi connectivity index (χ1n) is 5.51. The summed E-state index contributed by atoms with van der Waals surface area (Å²) in [6, 6.07) is 9.32. The van der Waals surface area contributed by atoms with Gasteiger partial charge in [-0.05, 0) is 36.4 Å². The molecule has 0 spiro atoms. The van der Waals surface area contributed by atoms with E-state index < -0.39 is 11.9 Å². The van der Waals surface area contributed by atoms with Crippen molar-refractivity contribution in [1.29, 1.82) is 0 Å². The van der Waals surface area contributed by atoms with Crippen LogP contribution in [0, 0.1) is 0 Å². The molecule has 0 aliphatic rings. The minimum Gasteiger partial charge on any atom is -0.465 e. The summed E-state index contributed by atoms with van der Waals surface area (Å²) in [6.07, 6.45) is 3.03. The highest BCUT2D eigenvalue weighted by molar-refractivity contribution is 5.94. The van der Waals surface area contributed by atoms with Gasteiger partial charge in [0.1, 0.15) is 5.75 Å². The van der Waals surface area contributed by atoms with E-state index in [-0.39, 0.29) is 0 Å². The molecule has 5 nitrogen and oxygen atoms in total. The van der Waals surface area contributed by atoms with Gasteiger partial charge in [0.25, 0.3) is 0 Å². The number of ether oxygens (including phenoxy) is 2. The first kappa shape index (κ1) is 12.8. The third-order valence-corrected chi connectivity index (χ3v) is 2.39. The molecule has 0 bridgehead atoms. The van der Waals surface area contributed by atoms with Crippen LogP contribution in [-0.2, 0) is 4.74 Å². The van der Waals surface area contributed by atoms with E-state index in [0.29, 0.717) is 16.9 Å². The van der Waals surface area contributed by atoms with Crippen molar-refractivity contribution in [2.24, 2.45) is 0 Å². The zero-order valence-electron chi connectivity index (χ0n) is 10.2. The Kier molecular flexibility index (Phi) is 3.87. The van der Waals surface area contributed by atoms with Gasteiger partial charge in [-0.25, -0.2) is 9.59 Å². The lowest BCUT2D eigenvalue weighted by Crippen LogP contribution is -2.09. The molecule has 1 aromatic heterocycles. The molecule has 96 valence electrons. The molecule has 2 aromatic rings. The van der Waals surface area contributed by atoms with Crippen molar-refractivity contribution < 1.29 is 19.1 Å². The molecule has 0 radical (unpaired) electrons. The third kappa shape index (κ3) is 3.16. The molecule has 0 aliphatic heterocycles. The van der Waals surface area contributed by atoms with Gasteiger partial charge in [-0.15, -0.1) is 0 Å². The Morgan fingerprint density at radius 1 is 1.00 bits per heavy atom. The SMILES string of the molecule is COC(=O)c1ccc(C(=O)Oc2cccnc2)cc1. The summed E-state index contributed by atoms with van der Waals surface area (Å²) >= 11 is 0. The minimum absolute atomic E-state index is 0.344. The molecule has 0 unspecified atom stereocenters. The summed E-state index contributed by atoms with van der Waals surface area (Å²) in [5.74, 6) is -0.596. The van der Waals surface area contributed by atoms with Gasteiger partial charge in [-0.3, -0.25) is 4.98 Å². The maximum absolute atomic E-state index is 11.8. The van der Waals surface area contributed by atoms with Gasteiger partial charge < -0.3 is 9.47 Å². The molecule has 0 atom stereocenters. The Morgan fingerprint density at radius 2 is 1.63 bits per heavy atom. The summed E-state index contributed by atoms with van der Waals surface area (Å²) in [5, 5.41) is 0. The van der Waals surface area contributed by atoms with Gasteiger partial charge in [0.2, 0.25) is 0 Å². The van der Waals surface area contributed by atoms with Crippen LogP contribution < -0.4 is 4.74 Å². The van der Waals surface area contributed by atoms with Crippen molar-refractivity contribution in [2.45, 2.75) is 0 Å². The highest BCUT2D eigenvalue weighted by Crippen LogP contribution is 2.11. The Hall–Kier alpha value is -2.69. The molecule has 0 fully saturated rings. The fraction of sp³-hybridized carbons (Fsp3) is 0.0714. The van der Waals surface area contributed by atoms with E-state index in [0.717, 1.165) is 0 Å². The third-order valence-electron chi connectivity index (χ3n) is 2.39. The smallest absolute Gasteiger partial charge is 0.343 e. The van der Waals surface area contributed by atoms with Gasteiger partial charge in [-0.1, -0.05) is 0 Å². The topological polar surface area (TPSA) is 65.5 Å². The van der Waals surface area contributed by atoms with E-state index in [4.69, 9.17) is 4.74 Å². The molecular formula is C14H11NO4. The lowest BCUT2D eigenvalue weighted by molar-refractivity contribution is 0.0599. The van der Waals surface area contributed by atoms with Crippen LogP contribution in [0.2, 0.25) is 0 Å². The summed E-state index contributed by atoms with van der Waals surface area (Å²) in [4.78, 5) is 26.9. The van der Waals surface area contributed by atoms with Crippen LogP contribution in [-0.4, -0.2) is 24.0 Å². The lowest BCUT2D eigenvalue weighted by Gasteiger charge is -2.04. The molecule has 2 rings (SSSR count). The fourth-order valence-electron chi connectivity index (χ4n) is 1.43. The summed E-state index contributed by atoms with van der Waals surface area (Å²) in [6.45, 7) is 0. The predicted molar refractivity (Wildman–Crippen MR) is 67.0 cm³/mol. The monoisotopic (exact) mass is 257 g/mol. The van der Waals surface area contributed by atoms with Gasteiger partial charge in [0, 0.05) is 6.20 Å². The number of carbonyl (C=O) groups is 2. The van der Waals surface area contributed by atoms with Crippen molar-refractivity contribution in [2.75, 3.05) is 7.11 Å². The van der Waals surface area contributed by atoms with Crippen LogP contribution in [0.1, 0.15) is 20.7 Å². The van der Waals surface area contributed by atoms with Crippen LogP contribution in [0.5, 0.6) is 5.75 Å². The van der Waals surface area contributed by atoms with Crippen molar-refractivity contribution in [1.82, 2.24) is 4.98 Å². The minimum atomic E-state index is -0.510. The van der Waals surface area contributed by atoms with Crippen LogP contribution in [0.25, 0.3) is 0 Å². The molecule has 0 N–H and O–H groups in total. The Morgan fingerprint density at radius 3 is 2.16 bits per heavy atom. The van der Waals surface area contributed by atoms with Crippen LogP contribution in [0.15, 0.2) is 48.8 Å². The number of nitrogens with zero attached hydrogens (tertiary/aromatic N) is 1. The summed E-state index contributed by atoms with van der Waals surface area (Å²) in [7, 11) is 1.30. The van der Waals surface area contributed by atoms with Crippen molar-refractivity contribution in [3.63, 3.8) is 0 Å². The second kappa shape index (κ2) is 5.77. The quantitative estimate of drug-likeness (QED) is 0.788. The van der Waals surface area contributed by atoms with Crippen molar-refractivity contribution >= 4 is 11.9 Å². The number of pyridine rings is 1. The largest absolute Gasteiger partial charge is 0.465 e. The van der Waals surface area contributed by atoms with E-state index in [2.05, 4.69) is 9.72 Å². The predicted octanol–water partition coefficient (Wildman–Crippen LogP) is 2.09. The molecular weight excluding hydrogens is 246 g/mol. The summed E-state index contributed by atoms with van der Waals surface area (Å²) < 4.78 is 9.68. The maximum Gasteiger partial charge on any atom is 0.343 e.